The number of fused-ring (bicyclic) bond motifs is 1. The lowest BCUT2D eigenvalue weighted by Gasteiger charge is -2.27. The summed E-state index contributed by atoms with van der Waals surface area (Å²) >= 11 is 6.22. The summed E-state index contributed by atoms with van der Waals surface area (Å²) in [5.74, 6) is 0.449. The Morgan fingerprint density at radius 1 is 1.07 bits per heavy atom. The van der Waals surface area contributed by atoms with Gasteiger partial charge in [-0.05, 0) is 24.3 Å². The monoisotopic (exact) mass is 410 g/mol. The van der Waals surface area contributed by atoms with E-state index < -0.39 is 10.0 Å². The summed E-state index contributed by atoms with van der Waals surface area (Å²) in [5, 5.41) is 0.227. The maximum absolute atomic E-state index is 13.3. The molecule has 3 rings (SSSR count). The molecule has 0 spiro atoms. The van der Waals surface area contributed by atoms with Crippen LogP contribution in [-0.2, 0) is 14.8 Å². The van der Waals surface area contributed by atoms with Crippen molar-refractivity contribution in [3.05, 3.63) is 47.5 Å². The maximum Gasteiger partial charge on any atom is 0.264 e. The molecule has 2 aromatic carbocycles. The normalized spacial score (nSPS) is 13.1. The lowest BCUT2D eigenvalue weighted by atomic mass is 10.3. The molecular formula is C18H19ClN2O5S. The highest BCUT2D eigenvalue weighted by molar-refractivity contribution is 7.92. The predicted molar refractivity (Wildman–Crippen MR) is 102 cm³/mol. The third-order valence-corrected chi connectivity index (χ3v) is 6.08. The van der Waals surface area contributed by atoms with Crippen molar-refractivity contribution < 1.29 is 22.7 Å². The summed E-state index contributed by atoms with van der Waals surface area (Å²) in [4.78, 5) is 13.6. The van der Waals surface area contributed by atoms with Gasteiger partial charge in [-0.1, -0.05) is 23.7 Å². The van der Waals surface area contributed by atoms with Gasteiger partial charge in [0.05, 0.1) is 15.6 Å². The molecule has 0 radical (unpaired) electrons. The first-order valence-corrected chi connectivity index (χ1v) is 9.99. The van der Waals surface area contributed by atoms with Gasteiger partial charge in [-0.15, -0.1) is 0 Å². The Bertz CT molecular complexity index is 962. The van der Waals surface area contributed by atoms with Crippen LogP contribution in [0.15, 0.2) is 47.4 Å². The number of carbonyl (C=O) groups excluding carboxylic acids is 1. The van der Waals surface area contributed by atoms with Crippen molar-refractivity contribution in [3.8, 4) is 11.5 Å². The van der Waals surface area contributed by atoms with Gasteiger partial charge in [-0.25, -0.2) is 8.42 Å². The first-order valence-electron chi connectivity index (χ1n) is 8.18. The second-order valence-corrected chi connectivity index (χ2v) is 8.33. The van der Waals surface area contributed by atoms with Gasteiger partial charge in [0.1, 0.15) is 19.8 Å². The Morgan fingerprint density at radius 3 is 2.41 bits per heavy atom. The molecule has 0 unspecified atom stereocenters. The summed E-state index contributed by atoms with van der Waals surface area (Å²) in [6.45, 7) is 0.361. The molecule has 0 saturated heterocycles. The van der Waals surface area contributed by atoms with Crippen LogP contribution in [0, 0.1) is 0 Å². The molecule has 0 aliphatic carbocycles. The van der Waals surface area contributed by atoms with Gasteiger partial charge in [-0.2, -0.15) is 0 Å². The van der Waals surface area contributed by atoms with E-state index in [1.165, 1.54) is 17.0 Å². The number of rotatable bonds is 5. The lowest BCUT2D eigenvalue weighted by Crippen LogP contribution is -2.40. The van der Waals surface area contributed by atoms with Gasteiger partial charge in [0.25, 0.3) is 10.0 Å². The van der Waals surface area contributed by atoms with Gasteiger partial charge >= 0.3 is 0 Å². The van der Waals surface area contributed by atoms with Crippen LogP contribution >= 0.6 is 11.6 Å². The first kappa shape index (κ1) is 19.3. The molecule has 0 fully saturated rings. The number of ether oxygens (including phenoxy) is 2. The van der Waals surface area contributed by atoms with Crippen LogP contribution < -0.4 is 13.8 Å². The van der Waals surface area contributed by atoms with Crippen LogP contribution in [-0.4, -0.2) is 53.1 Å². The van der Waals surface area contributed by atoms with E-state index in [0.717, 1.165) is 4.31 Å². The highest BCUT2D eigenvalue weighted by Gasteiger charge is 2.30. The van der Waals surface area contributed by atoms with Crippen molar-refractivity contribution in [2.24, 2.45) is 0 Å². The van der Waals surface area contributed by atoms with Crippen LogP contribution in [0.25, 0.3) is 0 Å². The number of amides is 1. The summed E-state index contributed by atoms with van der Waals surface area (Å²) in [6.07, 6.45) is 0. The van der Waals surface area contributed by atoms with E-state index in [9.17, 15) is 13.2 Å². The third-order valence-electron chi connectivity index (χ3n) is 4.00. The molecule has 0 aromatic heterocycles. The Labute approximate surface area is 163 Å². The molecule has 1 heterocycles. The molecule has 0 bridgehead atoms. The number of sulfonamides is 1. The number of hydrogen-bond acceptors (Lipinski definition) is 5. The van der Waals surface area contributed by atoms with E-state index in [2.05, 4.69) is 0 Å². The van der Waals surface area contributed by atoms with E-state index in [4.69, 9.17) is 21.1 Å². The van der Waals surface area contributed by atoms with Gasteiger partial charge in [0.15, 0.2) is 11.5 Å². The lowest BCUT2D eigenvalue weighted by molar-refractivity contribution is -0.127. The summed E-state index contributed by atoms with van der Waals surface area (Å²) < 4.78 is 38.6. The number of para-hydroxylation sites is 1. The van der Waals surface area contributed by atoms with Crippen LogP contribution in [0.1, 0.15) is 0 Å². The van der Waals surface area contributed by atoms with Crippen molar-refractivity contribution in [1.29, 1.82) is 0 Å². The molecule has 1 aliphatic rings. The second kappa shape index (κ2) is 7.66. The number of carbonyl (C=O) groups is 1. The number of nitrogens with zero attached hydrogens (tertiary/aromatic N) is 2. The molecule has 0 N–H and O–H groups in total. The van der Waals surface area contributed by atoms with Gasteiger partial charge in [-0.3, -0.25) is 9.10 Å². The first-order chi connectivity index (χ1) is 12.8. The maximum atomic E-state index is 13.3. The smallest absolute Gasteiger partial charge is 0.264 e. The van der Waals surface area contributed by atoms with E-state index in [1.54, 1.807) is 44.4 Å². The molecule has 2 aromatic rings. The molecule has 0 saturated carbocycles. The van der Waals surface area contributed by atoms with E-state index in [-0.39, 0.29) is 28.1 Å². The minimum absolute atomic E-state index is 0.0155. The molecule has 1 aliphatic heterocycles. The quantitative estimate of drug-likeness (QED) is 0.756. The topological polar surface area (TPSA) is 76.2 Å². The van der Waals surface area contributed by atoms with Crippen molar-refractivity contribution >= 4 is 33.2 Å². The zero-order valence-corrected chi connectivity index (χ0v) is 16.5. The number of anilines is 1. The van der Waals surface area contributed by atoms with Crippen molar-refractivity contribution in [1.82, 2.24) is 4.90 Å². The SMILES string of the molecule is CN(C)C(=O)CN(c1ccccc1Cl)S(=O)(=O)c1ccc2c(c1)OCCO2. The van der Waals surface area contributed by atoms with Crippen molar-refractivity contribution in [3.63, 3.8) is 0 Å². The Balaban J connectivity index is 2.07. The zero-order chi connectivity index (χ0) is 19.6. The molecular weight excluding hydrogens is 392 g/mol. The summed E-state index contributed by atoms with van der Waals surface area (Å²) in [5.41, 5.74) is 0.226. The fourth-order valence-corrected chi connectivity index (χ4v) is 4.27. The third kappa shape index (κ3) is 3.96. The Kier molecular flexibility index (Phi) is 5.48. The molecule has 27 heavy (non-hydrogen) atoms. The van der Waals surface area contributed by atoms with Gasteiger partial charge < -0.3 is 14.4 Å². The van der Waals surface area contributed by atoms with Crippen molar-refractivity contribution in [2.75, 3.05) is 38.2 Å². The van der Waals surface area contributed by atoms with E-state index >= 15 is 0 Å². The average Bonchev–Trinajstić information content (AvgIpc) is 2.66. The fourth-order valence-electron chi connectivity index (χ4n) is 2.53. The highest BCUT2D eigenvalue weighted by Crippen LogP contribution is 2.35. The number of halogens is 1. The standard InChI is InChI=1S/C18H19ClN2O5S/c1-20(2)18(22)12-21(15-6-4-3-5-14(15)19)27(23,24)13-7-8-16-17(11-13)26-10-9-25-16/h3-8,11H,9-10,12H2,1-2H3. The van der Waals surface area contributed by atoms with Crippen LogP contribution in [0.4, 0.5) is 5.69 Å². The molecule has 9 heteroatoms. The van der Waals surface area contributed by atoms with Gasteiger partial charge in [0, 0.05) is 20.2 Å². The second-order valence-electron chi connectivity index (χ2n) is 6.06. The predicted octanol–water partition coefficient (Wildman–Crippen LogP) is 2.39. The van der Waals surface area contributed by atoms with Crippen molar-refractivity contribution in [2.45, 2.75) is 4.90 Å². The minimum Gasteiger partial charge on any atom is -0.486 e. The summed E-state index contributed by atoms with van der Waals surface area (Å²) in [6, 6.07) is 10.8. The fraction of sp³-hybridized carbons (Fsp3) is 0.278. The molecule has 1 amide bonds. The molecule has 144 valence electrons. The van der Waals surface area contributed by atoms with Crippen LogP contribution in [0.2, 0.25) is 5.02 Å². The summed E-state index contributed by atoms with van der Waals surface area (Å²) in [7, 11) is -0.954. The van der Waals surface area contributed by atoms with Crippen LogP contribution in [0.3, 0.4) is 0 Å². The van der Waals surface area contributed by atoms with Crippen LogP contribution in [0.5, 0.6) is 11.5 Å². The number of likely N-dealkylation sites (N-methyl/N-ethyl adjacent to an activating group) is 1. The number of hydrogen-bond donors (Lipinski definition) is 0. The number of benzene rings is 2. The zero-order valence-electron chi connectivity index (χ0n) is 14.9. The minimum atomic E-state index is -4.07. The molecule has 0 atom stereocenters. The molecule has 7 nitrogen and oxygen atoms in total. The largest absolute Gasteiger partial charge is 0.486 e. The van der Waals surface area contributed by atoms with E-state index in [1.807, 2.05) is 0 Å². The highest BCUT2D eigenvalue weighted by atomic mass is 35.5. The Morgan fingerprint density at radius 2 is 1.74 bits per heavy atom. The van der Waals surface area contributed by atoms with E-state index in [0.29, 0.717) is 24.7 Å². The Hall–Kier alpha value is -2.45. The average molecular weight is 411 g/mol. The van der Waals surface area contributed by atoms with Gasteiger partial charge in [0.2, 0.25) is 5.91 Å².